The van der Waals surface area contributed by atoms with Crippen molar-refractivity contribution in [2.24, 2.45) is 0 Å². The standard InChI is InChI=1S/C14H18ClNO3/c1-14(2,3)19-13(18)16-9-10-4-6-11(7-5-10)12(17)8-15/h4-7H,8-9H2,1-3H3,(H,16,18). The zero-order valence-corrected chi connectivity index (χ0v) is 12.1. The summed E-state index contributed by atoms with van der Waals surface area (Å²) < 4.78 is 5.12. The SMILES string of the molecule is CC(C)(C)OC(=O)NCc1ccc(C(=O)CCl)cc1. The van der Waals surface area contributed by atoms with E-state index in [0.717, 1.165) is 5.56 Å². The van der Waals surface area contributed by atoms with Gasteiger partial charge in [-0.2, -0.15) is 0 Å². The molecule has 104 valence electrons. The molecular formula is C14H18ClNO3. The summed E-state index contributed by atoms with van der Waals surface area (Å²) >= 11 is 5.47. The third kappa shape index (κ3) is 5.75. The van der Waals surface area contributed by atoms with Crippen molar-refractivity contribution < 1.29 is 14.3 Å². The Morgan fingerprint density at radius 2 is 1.79 bits per heavy atom. The highest BCUT2D eigenvalue weighted by Crippen LogP contribution is 2.08. The molecule has 0 saturated heterocycles. The van der Waals surface area contributed by atoms with E-state index in [2.05, 4.69) is 5.32 Å². The molecule has 0 aliphatic carbocycles. The van der Waals surface area contributed by atoms with Gasteiger partial charge in [0.25, 0.3) is 0 Å². The number of carbonyl (C=O) groups is 2. The predicted octanol–water partition coefficient (Wildman–Crippen LogP) is 3.13. The fourth-order valence-electron chi connectivity index (χ4n) is 1.37. The number of ether oxygens (including phenoxy) is 1. The number of rotatable bonds is 4. The van der Waals surface area contributed by atoms with Crippen molar-refractivity contribution in [1.29, 1.82) is 0 Å². The Morgan fingerprint density at radius 3 is 2.26 bits per heavy atom. The number of nitrogens with one attached hydrogen (secondary N) is 1. The van der Waals surface area contributed by atoms with E-state index < -0.39 is 11.7 Å². The Hall–Kier alpha value is -1.55. The van der Waals surface area contributed by atoms with E-state index in [1.165, 1.54) is 0 Å². The van der Waals surface area contributed by atoms with Crippen LogP contribution in [0.4, 0.5) is 4.79 Å². The van der Waals surface area contributed by atoms with Crippen LogP contribution in [-0.2, 0) is 11.3 Å². The smallest absolute Gasteiger partial charge is 0.407 e. The van der Waals surface area contributed by atoms with Crippen LogP contribution in [0.2, 0.25) is 0 Å². The van der Waals surface area contributed by atoms with E-state index in [1.54, 1.807) is 45.0 Å². The molecule has 1 N–H and O–H groups in total. The van der Waals surface area contributed by atoms with E-state index in [0.29, 0.717) is 12.1 Å². The highest BCUT2D eigenvalue weighted by atomic mass is 35.5. The number of ketones is 1. The van der Waals surface area contributed by atoms with Crippen LogP contribution in [0.5, 0.6) is 0 Å². The summed E-state index contributed by atoms with van der Waals surface area (Å²) in [6.45, 7) is 5.77. The van der Waals surface area contributed by atoms with E-state index in [1.807, 2.05) is 0 Å². The minimum absolute atomic E-state index is 0.0322. The first-order chi connectivity index (χ1) is 8.81. The van der Waals surface area contributed by atoms with Gasteiger partial charge in [0.1, 0.15) is 5.60 Å². The second kappa shape index (κ2) is 6.57. The average molecular weight is 284 g/mol. The molecule has 4 nitrogen and oxygen atoms in total. The first-order valence-corrected chi connectivity index (χ1v) is 6.50. The molecule has 1 aromatic rings. The Balaban J connectivity index is 2.50. The van der Waals surface area contributed by atoms with Crippen LogP contribution in [0, 0.1) is 0 Å². The second-order valence-electron chi connectivity index (χ2n) is 5.11. The van der Waals surface area contributed by atoms with Gasteiger partial charge in [-0.25, -0.2) is 4.79 Å². The number of amides is 1. The Labute approximate surface area is 118 Å². The van der Waals surface area contributed by atoms with Crippen LogP contribution in [0.3, 0.4) is 0 Å². The van der Waals surface area contributed by atoms with Crippen molar-refractivity contribution in [1.82, 2.24) is 5.32 Å². The van der Waals surface area contributed by atoms with Crippen LogP contribution in [-0.4, -0.2) is 23.4 Å². The van der Waals surface area contributed by atoms with Gasteiger partial charge in [0.2, 0.25) is 0 Å². The quantitative estimate of drug-likeness (QED) is 0.682. The summed E-state index contributed by atoms with van der Waals surface area (Å²) in [5, 5.41) is 2.65. The first-order valence-electron chi connectivity index (χ1n) is 5.97. The lowest BCUT2D eigenvalue weighted by molar-refractivity contribution is 0.0523. The molecule has 0 atom stereocenters. The summed E-state index contributed by atoms with van der Waals surface area (Å²) in [7, 11) is 0. The van der Waals surface area contributed by atoms with Crippen LogP contribution in [0.25, 0.3) is 0 Å². The number of alkyl carbamates (subject to hydrolysis) is 1. The number of alkyl halides is 1. The number of halogens is 1. The van der Waals surface area contributed by atoms with Crippen molar-refractivity contribution in [3.05, 3.63) is 35.4 Å². The number of hydrogen-bond acceptors (Lipinski definition) is 3. The molecule has 0 aromatic heterocycles. The minimum atomic E-state index is -0.513. The van der Waals surface area contributed by atoms with E-state index in [4.69, 9.17) is 16.3 Å². The second-order valence-corrected chi connectivity index (χ2v) is 5.38. The van der Waals surface area contributed by atoms with Crippen LogP contribution in [0.15, 0.2) is 24.3 Å². The van der Waals surface area contributed by atoms with Crippen LogP contribution < -0.4 is 5.32 Å². The zero-order valence-electron chi connectivity index (χ0n) is 11.3. The van der Waals surface area contributed by atoms with Gasteiger partial charge in [-0.3, -0.25) is 4.79 Å². The van der Waals surface area contributed by atoms with Gasteiger partial charge < -0.3 is 10.1 Å². The van der Waals surface area contributed by atoms with Crippen molar-refractivity contribution in [3.63, 3.8) is 0 Å². The predicted molar refractivity (Wildman–Crippen MR) is 74.6 cm³/mol. The van der Waals surface area contributed by atoms with Gasteiger partial charge in [-0.05, 0) is 26.3 Å². The fourth-order valence-corrected chi connectivity index (χ4v) is 1.53. The molecule has 5 heteroatoms. The van der Waals surface area contributed by atoms with E-state index in [9.17, 15) is 9.59 Å². The molecule has 0 bridgehead atoms. The molecule has 0 saturated carbocycles. The lowest BCUT2D eigenvalue weighted by Crippen LogP contribution is -2.32. The molecule has 0 aliphatic heterocycles. The van der Waals surface area contributed by atoms with Crippen molar-refractivity contribution in [2.45, 2.75) is 32.9 Å². The fraction of sp³-hybridized carbons (Fsp3) is 0.429. The molecule has 1 aromatic carbocycles. The molecular weight excluding hydrogens is 266 g/mol. The molecule has 0 spiro atoms. The topological polar surface area (TPSA) is 55.4 Å². The first kappa shape index (κ1) is 15.5. The van der Waals surface area contributed by atoms with Gasteiger partial charge in [0.15, 0.2) is 5.78 Å². The molecule has 0 aliphatic rings. The maximum absolute atomic E-state index is 11.4. The maximum Gasteiger partial charge on any atom is 0.407 e. The summed E-state index contributed by atoms with van der Waals surface area (Å²) in [6.07, 6.45) is -0.464. The molecule has 1 rings (SSSR count). The highest BCUT2D eigenvalue weighted by molar-refractivity contribution is 6.30. The van der Waals surface area contributed by atoms with Crippen LogP contribution >= 0.6 is 11.6 Å². The molecule has 19 heavy (non-hydrogen) atoms. The Kier molecular flexibility index (Phi) is 5.36. The van der Waals surface area contributed by atoms with Gasteiger partial charge in [-0.15, -0.1) is 11.6 Å². The Bertz CT molecular complexity index is 449. The summed E-state index contributed by atoms with van der Waals surface area (Å²) in [4.78, 5) is 22.8. The van der Waals surface area contributed by atoms with Gasteiger partial charge in [0.05, 0.1) is 5.88 Å². The summed E-state index contributed by atoms with van der Waals surface area (Å²) in [5.74, 6) is -0.150. The minimum Gasteiger partial charge on any atom is -0.444 e. The number of carbonyl (C=O) groups excluding carboxylic acids is 2. The third-order valence-corrected chi connectivity index (χ3v) is 2.48. The molecule has 0 fully saturated rings. The molecule has 0 radical (unpaired) electrons. The molecule has 0 unspecified atom stereocenters. The van der Waals surface area contributed by atoms with Crippen molar-refractivity contribution in [3.8, 4) is 0 Å². The lowest BCUT2D eigenvalue weighted by atomic mass is 10.1. The van der Waals surface area contributed by atoms with Gasteiger partial charge in [0, 0.05) is 12.1 Å². The summed E-state index contributed by atoms with van der Waals surface area (Å²) in [5.41, 5.74) is 0.939. The van der Waals surface area contributed by atoms with Crippen molar-refractivity contribution >= 4 is 23.5 Å². The van der Waals surface area contributed by atoms with E-state index in [-0.39, 0.29) is 11.7 Å². The Morgan fingerprint density at radius 1 is 1.21 bits per heavy atom. The average Bonchev–Trinajstić information content (AvgIpc) is 2.34. The zero-order chi connectivity index (χ0) is 14.5. The van der Waals surface area contributed by atoms with Gasteiger partial charge >= 0.3 is 6.09 Å². The largest absolute Gasteiger partial charge is 0.444 e. The van der Waals surface area contributed by atoms with Gasteiger partial charge in [-0.1, -0.05) is 24.3 Å². The summed E-state index contributed by atoms with van der Waals surface area (Å²) in [6, 6.07) is 6.93. The molecule has 1 amide bonds. The monoisotopic (exact) mass is 283 g/mol. The lowest BCUT2D eigenvalue weighted by Gasteiger charge is -2.19. The van der Waals surface area contributed by atoms with Crippen molar-refractivity contribution in [2.75, 3.05) is 5.88 Å². The number of Topliss-reactive ketones (excluding diaryl/α,β-unsaturated/α-hetero) is 1. The van der Waals surface area contributed by atoms with Crippen LogP contribution in [0.1, 0.15) is 36.7 Å². The third-order valence-electron chi connectivity index (χ3n) is 2.23. The number of hydrogen-bond donors (Lipinski definition) is 1. The highest BCUT2D eigenvalue weighted by Gasteiger charge is 2.15. The maximum atomic E-state index is 11.4. The van der Waals surface area contributed by atoms with E-state index >= 15 is 0 Å². The molecule has 0 heterocycles. The number of benzene rings is 1. The normalized spacial score (nSPS) is 10.9.